The van der Waals surface area contributed by atoms with E-state index in [2.05, 4.69) is 27.6 Å². The van der Waals surface area contributed by atoms with E-state index in [4.69, 9.17) is 12.2 Å². The molecule has 2 aromatic carbocycles. The molecule has 3 rings (SSSR count). The number of rotatable bonds is 8. The second-order valence-electron chi connectivity index (χ2n) is 6.20. The van der Waals surface area contributed by atoms with Crippen molar-refractivity contribution >= 4 is 29.9 Å². The molecule has 2 N–H and O–H groups in total. The van der Waals surface area contributed by atoms with Crippen LogP contribution < -0.4 is 5.32 Å². The average molecular weight is 399 g/mol. The molecular weight excluding hydrogens is 376 g/mol. The summed E-state index contributed by atoms with van der Waals surface area (Å²) >= 11 is 7.09. The molecule has 0 atom stereocenters. The number of carbonyl (C=O) groups excluding carboxylic acids is 1. The number of carbonyl (C=O) groups is 1. The largest absolute Gasteiger partial charge is 0.354 e. The van der Waals surface area contributed by atoms with Crippen LogP contribution in [0.15, 0.2) is 54.6 Å². The van der Waals surface area contributed by atoms with E-state index in [1.807, 2.05) is 49.4 Å². The number of H-pyrrole nitrogens is 1. The summed E-state index contributed by atoms with van der Waals surface area (Å²) in [6.45, 7) is 2.80. The molecular formula is C20H22N4OS2. The first kappa shape index (κ1) is 19.4. The molecule has 0 saturated carbocycles. The lowest BCUT2D eigenvalue weighted by Gasteiger charge is -2.09. The summed E-state index contributed by atoms with van der Waals surface area (Å²) in [6, 6.07) is 18.3. The standard InChI is InChI=1S/C20H22N4OS2/c1-15-6-5-9-17(12-15)19-22-23-20(26)24(19)13-18(25)21-10-11-27-14-16-7-3-2-4-8-16/h2-9,12H,10-11,13-14H2,1H3,(H,21,25)(H,23,26). The van der Waals surface area contributed by atoms with E-state index >= 15 is 0 Å². The topological polar surface area (TPSA) is 62.7 Å². The Morgan fingerprint density at radius 1 is 1.22 bits per heavy atom. The number of hydrogen-bond donors (Lipinski definition) is 2. The van der Waals surface area contributed by atoms with Crippen LogP contribution in [-0.2, 0) is 17.1 Å². The molecule has 27 heavy (non-hydrogen) atoms. The van der Waals surface area contributed by atoms with Gasteiger partial charge in [0.1, 0.15) is 6.54 Å². The summed E-state index contributed by atoms with van der Waals surface area (Å²) < 4.78 is 2.18. The van der Waals surface area contributed by atoms with Crippen molar-refractivity contribution in [2.45, 2.75) is 19.2 Å². The fourth-order valence-electron chi connectivity index (χ4n) is 2.70. The third-order valence-corrected chi connectivity index (χ3v) is 5.36. The van der Waals surface area contributed by atoms with Gasteiger partial charge < -0.3 is 5.32 Å². The minimum absolute atomic E-state index is 0.0679. The molecule has 0 bridgehead atoms. The predicted molar refractivity (Wildman–Crippen MR) is 113 cm³/mol. The minimum Gasteiger partial charge on any atom is -0.354 e. The van der Waals surface area contributed by atoms with Gasteiger partial charge in [-0.25, -0.2) is 0 Å². The fourth-order valence-corrected chi connectivity index (χ4v) is 3.71. The lowest BCUT2D eigenvalue weighted by atomic mass is 10.1. The molecule has 0 aliphatic heterocycles. The van der Waals surface area contributed by atoms with Crippen LogP contribution in [0, 0.1) is 11.7 Å². The molecule has 0 aliphatic rings. The molecule has 0 saturated heterocycles. The molecule has 140 valence electrons. The quantitative estimate of drug-likeness (QED) is 0.445. The van der Waals surface area contributed by atoms with Crippen molar-refractivity contribution in [2.75, 3.05) is 12.3 Å². The number of nitrogens with one attached hydrogen (secondary N) is 2. The highest BCUT2D eigenvalue weighted by molar-refractivity contribution is 7.98. The highest BCUT2D eigenvalue weighted by Crippen LogP contribution is 2.18. The molecule has 1 heterocycles. The number of aryl methyl sites for hydroxylation is 1. The number of amides is 1. The smallest absolute Gasteiger partial charge is 0.240 e. The number of hydrogen-bond acceptors (Lipinski definition) is 4. The number of aromatic amines is 1. The van der Waals surface area contributed by atoms with Gasteiger partial charge in [0, 0.05) is 23.6 Å². The van der Waals surface area contributed by atoms with Crippen LogP contribution in [0.2, 0.25) is 0 Å². The number of benzene rings is 2. The number of aromatic nitrogens is 3. The number of nitrogens with zero attached hydrogens (tertiary/aromatic N) is 2. The van der Waals surface area contributed by atoms with E-state index in [-0.39, 0.29) is 12.5 Å². The maximum Gasteiger partial charge on any atom is 0.240 e. The molecule has 0 fully saturated rings. The van der Waals surface area contributed by atoms with Gasteiger partial charge in [0.25, 0.3) is 0 Å². The van der Waals surface area contributed by atoms with E-state index in [9.17, 15) is 4.79 Å². The molecule has 1 amide bonds. The van der Waals surface area contributed by atoms with E-state index in [1.165, 1.54) is 5.56 Å². The highest BCUT2D eigenvalue weighted by atomic mass is 32.2. The molecule has 0 radical (unpaired) electrons. The zero-order valence-electron chi connectivity index (χ0n) is 15.1. The molecule has 0 spiro atoms. The Morgan fingerprint density at radius 2 is 2.04 bits per heavy atom. The SMILES string of the molecule is Cc1cccc(-c2n[nH]c(=S)n2CC(=O)NCCSCc2ccccc2)c1. The summed E-state index contributed by atoms with van der Waals surface area (Å²) in [5.74, 6) is 2.42. The minimum atomic E-state index is -0.0679. The van der Waals surface area contributed by atoms with Gasteiger partial charge >= 0.3 is 0 Å². The third-order valence-electron chi connectivity index (χ3n) is 4.02. The van der Waals surface area contributed by atoms with Gasteiger partial charge in [0.2, 0.25) is 5.91 Å². The van der Waals surface area contributed by atoms with Crippen molar-refractivity contribution in [2.24, 2.45) is 0 Å². The average Bonchev–Trinajstić information content (AvgIpc) is 3.03. The monoisotopic (exact) mass is 398 g/mol. The second kappa shape index (κ2) is 9.53. The van der Waals surface area contributed by atoms with Gasteiger partial charge in [-0.3, -0.25) is 14.5 Å². The van der Waals surface area contributed by atoms with Gasteiger partial charge in [0.15, 0.2) is 10.6 Å². The van der Waals surface area contributed by atoms with Crippen molar-refractivity contribution < 1.29 is 4.79 Å². The lowest BCUT2D eigenvalue weighted by Crippen LogP contribution is -2.29. The summed E-state index contributed by atoms with van der Waals surface area (Å²) in [5, 5.41) is 10.0. The first-order valence-corrected chi connectivity index (χ1v) is 10.3. The van der Waals surface area contributed by atoms with E-state index < -0.39 is 0 Å². The van der Waals surface area contributed by atoms with Gasteiger partial charge in [-0.05, 0) is 30.8 Å². The maximum absolute atomic E-state index is 12.3. The van der Waals surface area contributed by atoms with Crippen LogP contribution in [0.5, 0.6) is 0 Å². The zero-order valence-corrected chi connectivity index (χ0v) is 16.8. The summed E-state index contributed by atoms with van der Waals surface area (Å²) in [6.07, 6.45) is 0. The van der Waals surface area contributed by atoms with Crippen LogP contribution in [-0.4, -0.2) is 33.0 Å². The Hall–Kier alpha value is -2.38. The van der Waals surface area contributed by atoms with Crippen LogP contribution in [0.4, 0.5) is 0 Å². The molecule has 1 aromatic heterocycles. The highest BCUT2D eigenvalue weighted by Gasteiger charge is 2.12. The van der Waals surface area contributed by atoms with Gasteiger partial charge in [-0.2, -0.15) is 16.9 Å². The van der Waals surface area contributed by atoms with Gasteiger partial charge in [-0.1, -0.05) is 54.1 Å². The predicted octanol–water partition coefficient (Wildman–Crippen LogP) is 3.97. The Bertz CT molecular complexity index is 950. The molecule has 3 aromatic rings. The van der Waals surface area contributed by atoms with Gasteiger partial charge in [-0.15, -0.1) is 0 Å². The van der Waals surface area contributed by atoms with Crippen LogP contribution >= 0.6 is 24.0 Å². The second-order valence-corrected chi connectivity index (χ2v) is 7.69. The molecule has 0 unspecified atom stereocenters. The maximum atomic E-state index is 12.3. The van der Waals surface area contributed by atoms with Crippen molar-refractivity contribution in [1.29, 1.82) is 0 Å². The zero-order chi connectivity index (χ0) is 19.1. The first-order valence-electron chi connectivity index (χ1n) is 8.74. The third kappa shape index (κ3) is 5.55. The number of thioether (sulfide) groups is 1. The van der Waals surface area contributed by atoms with Crippen LogP contribution in [0.1, 0.15) is 11.1 Å². The Labute approximate surface area is 168 Å². The summed E-state index contributed by atoms with van der Waals surface area (Å²) in [7, 11) is 0. The van der Waals surface area contributed by atoms with Crippen LogP contribution in [0.3, 0.4) is 0 Å². The van der Waals surface area contributed by atoms with Crippen LogP contribution in [0.25, 0.3) is 11.4 Å². The van der Waals surface area contributed by atoms with Crippen molar-refractivity contribution in [3.63, 3.8) is 0 Å². The normalized spacial score (nSPS) is 10.7. The van der Waals surface area contributed by atoms with Crippen molar-refractivity contribution in [3.05, 3.63) is 70.5 Å². The fraction of sp³-hybridized carbons (Fsp3) is 0.250. The Morgan fingerprint density at radius 3 is 2.81 bits per heavy atom. The Kier molecular flexibility index (Phi) is 6.84. The molecule has 0 aliphatic carbocycles. The molecule has 5 nitrogen and oxygen atoms in total. The summed E-state index contributed by atoms with van der Waals surface area (Å²) in [4.78, 5) is 12.3. The van der Waals surface area contributed by atoms with E-state index in [0.717, 1.165) is 22.6 Å². The lowest BCUT2D eigenvalue weighted by molar-refractivity contribution is -0.121. The van der Waals surface area contributed by atoms with E-state index in [0.29, 0.717) is 17.1 Å². The first-order chi connectivity index (χ1) is 13.1. The van der Waals surface area contributed by atoms with Crippen molar-refractivity contribution in [3.8, 4) is 11.4 Å². The van der Waals surface area contributed by atoms with Gasteiger partial charge in [0.05, 0.1) is 0 Å². The van der Waals surface area contributed by atoms with E-state index in [1.54, 1.807) is 16.3 Å². The summed E-state index contributed by atoms with van der Waals surface area (Å²) in [5.41, 5.74) is 3.36. The molecule has 7 heteroatoms. The Balaban J connectivity index is 1.51. The van der Waals surface area contributed by atoms with Crippen molar-refractivity contribution in [1.82, 2.24) is 20.1 Å².